The molecule has 5 nitrogen and oxygen atoms in total. The van der Waals surface area contributed by atoms with Crippen LogP contribution in [0.5, 0.6) is 0 Å². The lowest BCUT2D eigenvalue weighted by Crippen LogP contribution is -2.31. The Hall–Kier alpha value is -1.17. The smallest absolute Gasteiger partial charge is 0.242 e. The maximum Gasteiger partial charge on any atom is 0.242 e. The molecule has 0 atom stereocenters. The van der Waals surface area contributed by atoms with Crippen molar-refractivity contribution in [2.24, 2.45) is 0 Å². The lowest BCUT2D eigenvalue weighted by molar-refractivity contribution is -0.130. The zero-order valence-corrected chi connectivity index (χ0v) is 9.51. The van der Waals surface area contributed by atoms with Crippen LogP contribution in [0.2, 0.25) is 0 Å². The van der Waals surface area contributed by atoms with Gasteiger partial charge in [-0.2, -0.15) is 5.10 Å². The molecule has 6 heteroatoms. The summed E-state index contributed by atoms with van der Waals surface area (Å²) in [6.45, 7) is 3.90. The second-order valence-corrected chi connectivity index (χ2v) is 4.14. The monoisotopic (exact) mass is 226 g/mol. The Morgan fingerprint density at radius 2 is 2.20 bits per heavy atom. The van der Waals surface area contributed by atoms with Crippen molar-refractivity contribution in [3.63, 3.8) is 0 Å². The van der Waals surface area contributed by atoms with Crippen LogP contribution in [0.4, 0.5) is 0 Å². The minimum atomic E-state index is 0.133. The number of likely N-dealkylation sites (tertiary alicyclic amines) is 1. The minimum absolute atomic E-state index is 0.133. The summed E-state index contributed by atoms with van der Waals surface area (Å²) in [5.41, 5.74) is 0. The van der Waals surface area contributed by atoms with Gasteiger partial charge in [0.25, 0.3) is 0 Å². The third kappa shape index (κ3) is 2.09. The molecule has 1 amide bonds. The van der Waals surface area contributed by atoms with Crippen molar-refractivity contribution in [1.29, 1.82) is 0 Å². The molecule has 0 aromatic carbocycles. The second-order valence-electron chi connectivity index (χ2n) is 3.75. The van der Waals surface area contributed by atoms with E-state index >= 15 is 0 Å². The highest BCUT2D eigenvalue weighted by atomic mass is 32.1. The number of aromatic nitrogens is 3. The van der Waals surface area contributed by atoms with E-state index in [1.54, 1.807) is 4.57 Å². The van der Waals surface area contributed by atoms with Gasteiger partial charge in [0, 0.05) is 13.1 Å². The Balaban J connectivity index is 2.08. The number of hydrogen-bond acceptors (Lipinski definition) is 3. The van der Waals surface area contributed by atoms with Crippen LogP contribution >= 0.6 is 12.2 Å². The van der Waals surface area contributed by atoms with E-state index in [1.165, 1.54) is 0 Å². The van der Waals surface area contributed by atoms with E-state index in [1.807, 2.05) is 11.8 Å². The number of carbonyl (C=O) groups excluding carboxylic acids is 1. The molecule has 0 aliphatic carbocycles. The third-order valence-electron chi connectivity index (χ3n) is 2.70. The molecule has 0 radical (unpaired) electrons. The quantitative estimate of drug-likeness (QED) is 0.761. The van der Waals surface area contributed by atoms with Gasteiger partial charge in [-0.1, -0.05) is 0 Å². The number of rotatable bonds is 2. The molecule has 0 bridgehead atoms. The van der Waals surface area contributed by atoms with Gasteiger partial charge < -0.3 is 4.90 Å². The fourth-order valence-electron chi connectivity index (χ4n) is 1.78. The predicted molar refractivity (Wildman–Crippen MR) is 58.0 cm³/mol. The van der Waals surface area contributed by atoms with Gasteiger partial charge in [-0.3, -0.25) is 14.5 Å². The fraction of sp³-hybridized carbons (Fsp3) is 0.667. The minimum Gasteiger partial charge on any atom is -0.341 e. The summed E-state index contributed by atoms with van der Waals surface area (Å²) in [6, 6.07) is 0. The first-order chi connectivity index (χ1) is 7.18. The topological polar surface area (TPSA) is 53.9 Å². The Morgan fingerprint density at radius 1 is 1.53 bits per heavy atom. The lowest BCUT2D eigenvalue weighted by atomic mass is 10.4. The van der Waals surface area contributed by atoms with Gasteiger partial charge >= 0.3 is 0 Å². The van der Waals surface area contributed by atoms with E-state index in [-0.39, 0.29) is 5.91 Å². The summed E-state index contributed by atoms with van der Waals surface area (Å²) in [7, 11) is 0. The SMILES string of the molecule is Cc1n[nH]c(=S)n1CC(=O)N1CCCC1. The van der Waals surface area contributed by atoms with Crippen LogP contribution in [0.25, 0.3) is 0 Å². The molecule has 1 aliphatic heterocycles. The fourth-order valence-corrected chi connectivity index (χ4v) is 2.03. The normalized spacial score (nSPS) is 15.9. The molecule has 0 unspecified atom stereocenters. The largest absolute Gasteiger partial charge is 0.341 e. The Kier molecular flexibility index (Phi) is 2.86. The first-order valence-corrected chi connectivity index (χ1v) is 5.49. The third-order valence-corrected chi connectivity index (χ3v) is 3.01. The maximum atomic E-state index is 11.8. The van der Waals surface area contributed by atoms with Crippen molar-refractivity contribution in [2.45, 2.75) is 26.3 Å². The zero-order valence-electron chi connectivity index (χ0n) is 8.69. The molecule has 1 fully saturated rings. The van der Waals surface area contributed by atoms with Crippen LogP contribution in [-0.4, -0.2) is 38.7 Å². The van der Waals surface area contributed by atoms with E-state index in [4.69, 9.17) is 12.2 Å². The molecule has 1 aliphatic rings. The summed E-state index contributed by atoms with van der Waals surface area (Å²) in [6.07, 6.45) is 2.23. The van der Waals surface area contributed by atoms with Crippen molar-refractivity contribution in [3.8, 4) is 0 Å². The summed E-state index contributed by atoms with van der Waals surface area (Å²) in [5, 5.41) is 6.65. The van der Waals surface area contributed by atoms with Crippen LogP contribution in [0, 0.1) is 11.7 Å². The Morgan fingerprint density at radius 3 is 2.73 bits per heavy atom. The van der Waals surface area contributed by atoms with Gasteiger partial charge in [-0.15, -0.1) is 0 Å². The molecule has 1 aromatic heterocycles. The average Bonchev–Trinajstić information content (AvgIpc) is 2.82. The standard InChI is InChI=1S/C9H14N4OS/c1-7-10-11-9(15)13(7)6-8(14)12-4-2-3-5-12/h2-6H2,1H3,(H,11,15). The van der Waals surface area contributed by atoms with E-state index < -0.39 is 0 Å². The number of aromatic amines is 1. The first kappa shape index (κ1) is 10.4. The van der Waals surface area contributed by atoms with Crippen molar-refractivity contribution in [3.05, 3.63) is 10.6 Å². The second kappa shape index (κ2) is 4.14. The number of hydrogen-bond donors (Lipinski definition) is 1. The molecule has 0 spiro atoms. The average molecular weight is 226 g/mol. The molecule has 82 valence electrons. The molecule has 1 N–H and O–H groups in total. The predicted octanol–water partition coefficient (Wildman–Crippen LogP) is 0.872. The molecule has 15 heavy (non-hydrogen) atoms. The highest BCUT2D eigenvalue weighted by Gasteiger charge is 2.18. The van der Waals surface area contributed by atoms with E-state index in [2.05, 4.69) is 10.2 Å². The molecule has 2 heterocycles. The van der Waals surface area contributed by atoms with Gasteiger partial charge in [-0.05, 0) is 32.0 Å². The van der Waals surface area contributed by atoms with Gasteiger partial charge in [-0.25, -0.2) is 0 Å². The summed E-state index contributed by atoms with van der Waals surface area (Å²) >= 11 is 5.04. The molecule has 2 rings (SSSR count). The molecule has 1 saturated heterocycles. The highest BCUT2D eigenvalue weighted by Crippen LogP contribution is 2.08. The van der Waals surface area contributed by atoms with Crippen LogP contribution in [0.3, 0.4) is 0 Å². The number of aryl methyl sites for hydroxylation is 1. The van der Waals surface area contributed by atoms with E-state index in [0.29, 0.717) is 11.3 Å². The van der Waals surface area contributed by atoms with Crippen LogP contribution in [0.15, 0.2) is 0 Å². The zero-order chi connectivity index (χ0) is 10.8. The van der Waals surface area contributed by atoms with Gasteiger partial charge in [0.2, 0.25) is 5.91 Å². The highest BCUT2D eigenvalue weighted by molar-refractivity contribution is 7.71. The van der Waals surface area contributed by atoms with Crippen molar-refractivity contribution in [2.75, 3.05) is 13.1 Å². The molecular formula is C9H14N4OS. The van der Waals surface area contributed by atoms with Gasteiger partial charge in [0.15, 0.2) is 4.77 Å². The van der Waals surface area contributed by atoms with Gasteiger partial charge in [0.1, 0.15) is 12.4 Å². The van der Waals surface area contributed by atoms with Crippen molar-refractivity contribution >= 4 is 18.1 Å². The van der Waals surface area contributed by atoms with Crippen molar-refractivity contribution < 1.29 is 4.79 Å². The number of nitrogens with one attached hydrogen (secondary N) is 1. The summed E-state index contributed by atoms with van der Waals surface area (Å²) in [4.78, 5) is 13.7. The summed E-state index contributed by atoms with van der Waals surface area (Å²) < 4.78 is 2.25. The lowest BCUT2D eigenvalue weighted by Gasteiger charge is -2.15. The Bertz CT molecular complexity index is 416. The number of H-pyrrole nitrogens is 1. The maximum absolute atomic E-state index is 11.8. The van der Waals surface area contributed by atoms with Gasteiger partial charge in [0.05, 0.1) is 0 Å². The summed E-state index contributed by atoms with van der Waals surface area (Å²) in [5.74, 6) is 0.889. The number of carbonyl (C=O) groups is 1. The van der Waals surface area contributed by atoms with Crippen LogP contribution < -0.4 is 0 Å². The Labute approximate surface area is 93.1 Å². The molecular weight excluding hydrogens is 212 g/mol. The number of amides is 1. The van der Waals surface area contributed by atoms with Crippen molar-refractivity contribution in [1.82, 2.24) is 19.7 Å². The van der Waals surface area contributed by atoms with E-state index in [9.17, 15) is 4.79 Å². The number of nitrogens with zero attached hydrogens (tertiary/aromatic N) is 3. The molecule has 0 saturated carbocycles. The first-order valence-electron chi connectivity index (χ1n) is 5.08. The van der Waals surface area contributed by atoms with Crippen LogP contribution in [-0.2, 0) is 11.3 Å². The molecule has 1 aromatic rings. The van der Waals surface area contributed by atoms with Crippen LogP contribution in [0.1, 0.15) is 18.7 Å². The van der Waals surface area contributed by atoms with E-state index in [0.717, 1.165) is 31.8 Å².